The lowest BCUT2D eigenvalue weighted by Gasteiger charge is -2.20. The monoisotopic (exact) mass is 570 g/mol. The second-order valence-corrected chi connectivity index (χ2v) is 10.8. The Morgan fingerprint density at radius 2 is 0.641 bits per heavy atom. The van der Waals surface area contributed by atoms with E-state index in [1.165, 1.54) is 0 Å². The molecule has 0 saturated carbocycles. The molecule has 0 radical (unpaired) electrons. The van der Waals surface area contributed by atoms with Crippen LogP contribution in [-0.2, 0) is 22.9 Å². The Morgan fingerprint density at radius 1 is 0.385 bits per heavy atom. The molecule has 11 heteroatoms. The number of para-hydroxylation sites is 4. The summed E-state index contributed by atoms with van der Waals surface area (Å²) < 4.78 is 65.3. The molecule has 0 amide bonds. The topological polar surface area (TPSA) is 98.8 Å². The van der Waals surface area contributed by atoms with Gasteiger partial charge in [0.15, 0.2) is 0 Å². The van der Waals surface area contributed by atoms with E-state index in [0.29, 0.717) is 23.0 Å². The van der Waals surface area contributed by atoms with E-state index in [1.807, 2.05) is 0 Å². The van der Waals surface area contributed by atoms with E-state index < -0.39 is 15.6 Å². The van der Waals surface area contributed by atoms with Crippen LogP contribution in [0.3, 0.4) is 0 Å². The van der Waals surface area contributed by atoms with Gasteiger partial charge in [0.1, 0.15) is 23.0 Å². The van der Waals surface area contributed by atoms with Crippen LogP contribution >= 0.6 is 15.6 Å². The fraction of sp³-hybridized carbons (Fsp3) is 0.143. The highest BCUT2D eigenvalue weighted by Crippen LogP contribution is 2.50. The molecule has 0 heterocycles. The van der Waals surface area contributed by atoms with Gasteiger partial charge >= 0.3 is 15.6 Å². The normalized spacial score (nSPS) is 11.5. The summed E-state index contributed by atoms with van der Waals surface area (Å²) in [6, 6.07) is 34.3. The Hall–Kier alpha value is -3.58. The Labute approximate surface area is 227 Å². The highest BCUT2D eigenvalue weighted by Gasteiger charge is 2.32. The molecule has 0 aliphatic carbocycles. The maximum atomic E-state index is 13.3. The van der Waals surface area contributed by atoms with E-state index in [9.17, 15) is 9.13 Å². The van der Waals surface area contributed by atoms with Gasteiger partial charge in [0, 0.05) is 0 Å². The van der Waals surface area contributed by atoms with Gasteiger partial charge in [-0.25, -0.2) is 9.13 Å². The average molecular weight is 570 g/mol. The van der Waals surface area contributed by atoms with Crippen molar-refractivity contribution in [2.75, 3.05) is 26.4 Å². The van der Waals surface area contributed by atoms with E-state index in [1.54, 1.807) is 121 Å². The molecule has 204 valence electrons. The summed E-state index contributed by atoms with van der Waals surface area (Å²) in [7, 11) is -8.04. The molecule has 0 atom stereocenters. The van der Waals surface area contributed by atoms with Crippen LogP contribution in [0, 0.1) is 0 Å². The molecule has 4 rings (SSSR count). The Bertz CT molecular complexity index is 1140. The average Bonchev–Trinajstić information content (AvgIpc) is 2.94. The van der Waals surface area contributed by atoms with Crippen LogP contribution in [-0.4, -0.2) is 26.4 Å². The lowest BCUT2D eigenvalue weighted by atomic mass is 10.3. The van der Waals surface area contributed by atoms with E-state index in [2.05, 4.69) is 0 Å². The van der Waals surface area contributed by atoms with Gasteiger partial charge in [-0.3, -0.25) is 9.05 Å². The molecule has 9 nitrogen and oxygen atoms in total. The largest absolute Gasteiger partial charge is 0.587 e. The number of hydrogen-bond donors (Lipinski definition) is 0. The van der Waals surface area contributed by atoms with E-state index in [0.717, 1.165) is 0 Å². The number of benzene rings is 4. The highest BCUT2D eigenvalue weighted by atomic mass is 31.2. The third-order valence-corrected chi connectivity index (χ3v) is 7.53. The van der Waals surface area contributed by atoms with Crippen molar-refractivity contribution in [1.82, 2.24) is 0 Å². The highest BCUT2D eigenvalue weighted by molar-refractivity contribution is 7.49. The lowest BCUT2D eigenvalue weighted by molar-refractivity contribution is 0.0622. The number of ether oxygens (including phenoxy) is 1. The fourth-order valence-electron chi connectivity index (χ4n) is 3.10. The van der Waals surface area contributed by atoms with Crippen molar-refractivity contribution in [1.29, 1.82) is 0 Å². The summed E-state index contributed by atoms with van der Waals surface area (Å²) in [5.74, 6) is 1.33. The Morgan fingerprint density at radius 3 is 0.897 bits per heavy atom. The number of rotatable bonds is 16. The van der Waals surface area contributed by atoms with Gasteiger partial charge in [-0.2, -0.15) is 0 Å². The maximum Gasteiger partial charge on any atom is 0.587 e. The minimum absolute atomic E-state index is 0.0348. The molecule has 0 aliphatic heterocycles. The molecule has 0 unspecified atom stereocenters. The third kappa shape index (κ3) is 9.91. The third-order valence-electron chi connectivity index (χ3n) is 4.80. The summed E-state index contributed by atoms with van der Waals surface area (Å²) in [5.41, 5.74) is 0. The zero-order valence-corrected chi connectivity index (χ0v) is 22.7. The van der Waals surface area contributed by atoms with Crippen LogP contribution in [0.15, 0.2) is 121 Å². The molecule has 0 aromatic heterocycles. The van der Waals surface area contributed by atoms with Gasteiger partial charge in [0.25, 0.3) is 0 Å². The fourth-order valence-corrected chi connectivity index (χ4v) is 5.50. The Kier molecular flexibility index (Phi) is 10.6. The van der Waals surface area contributed by atoms with Crippen LogP contribution in [0.25, 0.3) is 0 Å². The first-order chi connectivity index (χ1) is 19.0. The summed E-state index contributed by atoms with van der Waals surface area (Å²) in [6.45, 7) is -0.134. The molecule has 0 N–H and O–H groups in total. The molecule has 4 aromatic carbocycles. The van der Waals surface area contributed by atoms with Crippen LogP contribution in [0.1, 0.15) is 0 Å². The summed E-state index contributed by atoms with van der Waals surface area (Å²) in [5, 5.41) is 0. The summed E-state index contributed by atoms with van der Waals surface area (Å²) in [4.78, 5) is 0. The molecular weight excluding hydrogens is 542 g/mol. The molecule has 39 heavy (non-hydrogen) atoms. The van der Waals surface area contributed by atoms with Crippen LogP contribution in [0.5, 0.6) is 23.0 Å². The number of phosphoric acid groups is 2. The van der Waals surface area contributed by atoms with Crippen LogP contribution in [0.2, 0.25) is 0 Å². The summed E-state index contributed by atoms with van der Waals surface area (Å²) >= 11 is 0. The molecule has 4 aromatic rings. The van der Waals surface area contributed by atoms with Gasteiger partial charge in [0.05, 0.1) is 26.4 Å². The summed E-state index contributed by atoms with van der Waals surface area (Å²) in [6.07, 6.45) is 0. The van der Waals surface area contributed by atoms with Crippen molar-refractivity contribution in [2.45, 2.75) is 0 Å². The molecule has 0 bridgehead atoms. The van der Waals surface area contributed by atoms with E-state index >= 15 is 0 Å². The van der Waals surface area contributed by atoms with Crippen molar-refractivity contribution in [3.8, 4) is 23.0 Å². The first-order valence-corrected chi connectivity index (χ1v) is 15.0. The smallest absolute Gasteiger partial charge is 0.395 e. The second kappa shape index (κ2) is 14.5. The maximum absolute atomic E-state index is 13.3. The molecule has 0 aliphatic rings. The van der Waals surface area contributed by atoms with E-state index in [4.69, 9.17) is 31.9 Å². The quantitative estimate of drug-likeness (QED) is 0.0998. The van der Waals surface area contributed by atoms with Crippen molar-refractivity contribution >= 4 is 15.6 Å². The van der Waals surface area contributed by atoms with Crippen molar-refractivity contribution in [3.05, 3.63) is 121 Å². The van der Waals surface area contributed by atoms with Crippen molar-refractivity contribution < 1.29 is 41.0 Å². The van der Waals surface area contributed by atoms with Gasteiger partial charge in [0.2, 0.25) is 0 Å². The molecule has 0 saturated heterocycles. The van der Waals surface area contributed by atoms with Gasteiger partial charge in [-0.1, -0.05) is 72.8 Å². The van der Waals surface area contributed by atoms with Crippen molar-refractivity contribution in [3.63, 3.8) is 0 Å². The molecule has 0 spiro atoms. The zero-order valence-electron chi connectivity index (χ0n) is 20.9. The number of hydrogen-bond acceptors (Lipinski definition) is 9. The van der Waals surface area contributed by atoms with Crippen molar-refractivity contribution in [2.24, 2.45) is 0 Å². The van der Waals surface area contributed by atoms with Gasteiger partial charge in [-0.05, 0) is 48.5 Å². The minimum atomic E-state index is -4.02. The van der Waals surface area contributed by atoms with Gasteiger partial charge in [-0.15, -0.1) is 0 Å². The molecular formula is C28H28O9P2. The lowest BCUT2D eigenvalue weighted by Crippen LogP contribution is -2.13. The van der Waals surface area contributed by atoms with E-state index in [-0.39, 0.29) is 26.4 Å². The predicted molar refractivity (Wildman–Crippen MR) is 146 cm³/mol. The first-order valence-electron chi connectivity index (χ1n) is 12.1. The Balaban J connectivity index is 1.27. The zero-order chi connectivity index (χ0) is 27.2. The predicted octanol–water partition coefficient (Wildman–Crippen LogP) is 7.57. The minimum Gasteiger partial charge on any atom is -0.395 e. The van der Waals surface area contributed by atoms with Crippen LogP contribution in [0.4, 0.5) is 0 Å². The standard InChI is InChI=1S/C28H28O9P2/c29-38(34-25-13-5-1-6-14-25,35-26-15-7-2-8-16-26)32-23-21-31-22-24-33-39(30,36-27-17-9-3-10-18-27)37-28-19-11-4-12-20-28/h1-20H,21-24H2. The SMILES string of the molecule is O=P(OCCOCCOP(=O)(Oc1ccccc1)Oc1ccccc1)(Oc1ccccc1)Oc1ccccc1. The second-order valence-electron chi connectivity index (χ2n) is 7.79. The number of phosphoric ester groups is 2. The van der Waals surface area contributed by atoms with Gasteiger partial charge < -0.3 is 22.8 Å². The molecule has 0 fully saturated rings. The van der Waals surface area contributed by atoms with Crippen LogP contribution < -0.4 is 18.1 Å². The first kappa shape index (κ1) is 28.4.